The number of hydrogen-bond acceptors (Lipinski definition) is 6. The van der Waals surface area contributed by atoms with Gasteiger partial charge in [-0.2, -0.15) is 0 Å². The first-order valence-corrected chi connectivity index (χ1v) is 8.85. The molecular weight excluding hydrogens is 308 g/mol. The zero-order chi connectivity index (χ0) is 19.3. The summed E-state index contributed by atoms with van der Waals surface area (Å²) in [5.74, 6) is -0.308. The highest BCUT2D eigenvalue weighted by molar-refractivity contribution is 5.75. The molecule has 0 amide bonds. The first kappa shape index (κ1) is 25.1. The Morgan fingerprint density at radius 3 is 1.67 bits per heavy atom. The fraction of sp³-hybridized carbons (Fsp3) is 0.889. The van der Waals surface area contributed by atoms with E-state index in [9.17, 15) is 9.59 Å². The van der Waals surface area contributed by atoms with Crippen molar-refractivity contribution in [3.63, 3.8) is 0 Å². The largest absolute Gasteiger partial charge is 0.463 e. The second-order valence-electron chi connectivity index (χ2n) is 6.93. The molecule has 0 aliphatic carbocycles. The fourth-order valence-corrected chi connectivity index (χ4v) is 1.69. The highest BCUT2D eigenvalue weighted by Gasteiger charge is 2.15. The molecule has 0 aliphatic rings. The lowest BCUT2D eigenvalue weighted by molar-refractivity contribution is -0.150. The van der Waals surface area contributed by atoms with Crippen LogP contribution in [0.15, 0.2) is 0 Å². The minimum atomic E-state index is -0.215. The monoisotopic (exact) mass is 346 g/mol. The SMILES string of the molecule is CC(C)NCCC(=O)OC(C)C.CC(C)N[C@@H](C)C(=O)OC(C)C. The van der Waals surface area contributed by atoms with Crippen molar-refractivity contribution in [2.75, 3.05) is 6.54 Å². The minimum absolute atomic E-state index is 0.00319. The standard InChI is InChI=1S/2C9H19NO2/c1-7(2)10-6-5-9(11)12-8(3)4;1-6(2)10-8(5)9(11)12-7(3)4/h7-8,10H,5-6H2,1-4H3;6-8,10H,1-5H3/t;8-/m.0/s1. The number of carbonyl (C=O) groups excluding carboxylic acids is 2. The van der Waals surface area contributed by atoms with E-state index in [0.29, 0.717) is 25.0 Å². The normalized spacial score (nSPS) is 12.2. The van der Waals surface area contributed by atoms with E-state index >= 15 is 0 Å². The van der Waals surface area contributed by atoms with E-state index in [2.05, 4.69) is 10.6 Å². The molecule has 0 rings (SSSR count). The van der Waals surface area contributed by atoms with Crippen LogP contribution < -0.4 is 10.6 Å². The molecule has 0 saturated carbocycles. The maximum absolute atomic E-state index is 11.2. The van der Waals surface area contributed by atoms with Gasteiger partial charge in [-0.15, -0.1) is 0 Å². The van der Waals surface area contributed by atoms with Crippen molar-refractivity contribution >= 4 is 11.9 Å². The number of hydrogen-bond donors (Lipinski definition) is 2. The molecule has 1 atom stereocenters. The fourth-order valence-electron chi connectivity index (χ4n) is 1.69. The summed E-state index contributed by atoms with van der Waals surface area (Å²) in [6.45, 7) is 18.0. The Bertz CT molecular complexity index is 342. The van der Waals surface area contributed by atoms with Gasteiger partial charge in [0.05, 0.1) is 18.6 Å². The van der Waals surface area contributed by atoms with Crippen LogP contribution in [0.5, 0.6) is 0 Å². The second-order valence-corrected chi connectivity index (χ2v) is 6.93. The molecule has 0 radical (unpaired) electrons. The van der Waals surface area contributed by atoms with Gasteiger partial charge in [-0.3, -0.25) is 9.59 Å². The van der Waals surface area contributed by atoms with Crippen LogP contribution in [0.25, 0.3) is 0 Å². The molecular formula is C18H38N2O4. The summed E-state index contributed by atoms with van der Waals surface area (Å²) < 4.78 is 9.96. The van der Waals surface area contributed by atoms with Gasteiger partial charge in [0.25, 0.3) is 0 Å². The average molecular weight is 347 g/mol. The van der Waals surface area contributed by atoms with Crippen LogP contribution in [0.1, 0.15) is 68.7 Å². The molecule has 6 heteroatoms. The molecule has 144 valence electrons. The molecule has 0 heterocycles. The molecule has 0 aromatic carbocycles. The van der Waals surface area contributed by atoms with Crippen LogP contribution in [0.2, 0.25) is 0 Å². The topological polar surface area (TPSA) is 76.7 Å². The van der Waals surface area contributed by atoms with Crippen molar-refractivity contribution in [2.45, 2.75) is 99.1 Å². The average Bonchev–Trinajstić information content (AvgIpc) is 2.36. The molecule has 0 aromatic heterocycles. The van der Waals surface area contributed by atoms with E-state index < -0.39 is 0 Å². The summed E-state index contributed by atoms with van der Waals surface area (Å²) in [5, 5.41) is 6.22. The smallest absolute Gasteiger partial charge is 0.323 e. The van der Waals surface area contributed by atoms with E-state index in [0.717, 1.165) is 0 Å². The van der Waals surface area contributed by atoms with E-state index in [1.54, 1.807) is 0 Å². The Labute approximate surface area is 148 Å². The lowest BCUT2D eigenvalue weighted by Crippen LogP contribution is -2.40. The van der Waals surface area contributed by atoms with Crippen molar-refractivity contribution in [3.8, 4) is 0 Å². The van der Waals surface area contributed by atoms with Crippen molar-refractivity contribution in [1.29, 1.82) is 0 Å². The molecule has 0 spiro atoms. The van der Waals surface area contributed by atoms with Gasteiger partial charge in [0.1, 0.15) is 6.04 Å². The van der Waals surface area contributed by atoms with Gasteiger partial charge < -0.3 is 20.1 Å². The quantitative estimate of drug-likeness (QED) is 0.625. The molecule has 0 saturated heterocycles. The molecule has 0 aromatic rings. The molecule has 0 bridgehead atoms. The first-order chi connectivity index (χ1) is 11.0. The van der Waals surface area contributed by atoms with Gasteiger partial charge >= 0.3 is 11.9 Å². The summed E-state index contributed by atoms with van der Waals surface area (Å²) in [7, 11) is 0. The number of esters is 2. The van der Waals surface area contributed by atoms with E-state index in [-0.39, 0.29) is 30.2 Å². The predicted octanol–water partition coefficient (Wildman–Crippen LogP) is 2.65. The number of rotatable bonds is 9. The van der Waals surface area contributed by atoms with Crippen molar-refractivity contribution in [2.24, 2.45) is 0 Å². The van der Waals surface area contributed by atoms with Gasteiger partial charge in [0.15, 0.2) is 0 Å². The molecule has 2 N–H and O–H groups in total. The maximum atomic E-state index is 11.2. The van der Waals surface area contributed by atoms with E-state index in [1.807, 2.05) is 62.3 Å². The minimum Gasteiger partial charge on any atom is -0.463 e. The van der Waals surface area contributed by atoms with Crippen molar-refractivity contribution < 1.29 is 19.1 Å². The Morgan fingerprint density at radius 2 is 1.29 bits per heavy atom. The maximum Gasteiger partial charge on any atom is 0.323 e. The zero-order valence-electron chi connectivity index (χ0n) is 16.9. The number of ether oxygens (including phenoxy) is 2. The van der Waals surface area contributed by atoms with E-state index in [1.165, 1.54) is 0 Å². The Balaban J connectivity index is 0. The summed E-state index contributed by atoms with van der Waals surface area (Å²) in [6, 6.07) is 0.518. The predicted molar refractivity (Wildman–Crippen MR) is 97.9 cm³/mol. The molecule has 0 aliphatic heterocycles. The number of nitrogens with one attached hydrogen (secondary N) is 2. The lowest BCUT2D eigenvalue weighted by atomic mass is 10.3. The highest BCUT2D eigenvalue weighted by atomic mass is 16.5. The van der Waals surface area contributed by atoms with Crippen LogP contribution >= 0.6 is 0 Å². The molecule has 0 fully saturated rings. The van der Waals surface area contributed by atoms with Crippen LogP contribution in [0, 0.1) is 0 Å². The van der Waals surface area contributed by atoms with Crippen molar-refractivity contribution in [1.82, 2.24) is 10.6 Å². The van der Waals surface area contributed by atoms with Crippen LogP contribution in [-0.4, -0.2) is 48.8 Å². The zero-order valence-corrected chi connectivity index (χ0v) is 16.9. The van der Waals surface area contributed by atoms with Crippen molar-refractivity contribution in [3.05, 3.63) is 0 Å². The summed E-state index contributed by atoms with van der Waals surface area (Å²) >= 11 is 0. The third-order valence-electron chi connectivity index (χ3n) is 2.54. The van der Waals surface area contributed by atoms with Gasteiger partial charge in [-0.25, -0.2) is 0 Å². The third-order valence-corrected chi connectivity index (χ3v) is 2.54. The molecule has 24 heavy (non-hydrogen) atoms. The number of carbonyl (C=O) groups is 2. The van der Waals surface area contributed by atoms with E-state index in [4.69, 9.17) is 9.47 Å². The first-order valence-electron chi connectivity index (χ1n) is 8.85. The Morgan fingerprint density at radius 1 is 0.792 bits per heavy atom. The lowest BCUT2D eigenvalue weighted by Gasteiger charge is -2.17. The van der Waals surface area contributed by atoms with Gasteiger partial charge in [-0.1, -0.05) is 27.7 Å². The summed E-state index contributed by atoms with van der Waals surface area (Å²) in [4.78, 5) is 22.2. The second kappa shape index (κ2) is 14.2. The van der Waals surface area contributed by atoms with Gasteiger partial charge in [0, 0.05) is 18.6 Å². The van der Waals surface area contributed by atoms with Crippen LogP contribution in [0.3, 0.4) is 0 Å². The molecule has 0 unspecified atom stereocenters. The summed E-state index contributed by atoms with van der Waals surface area (Å²) in [6.07, 6.45) is 0.418. The van der Waals surface area contributed by atoms with Gasteiger partial charge in [0.2, 0.25) is 0 Å². The molecule has 6 nitrogen and oxygen atoms in total. The Kier molecular flexibility index (Phi) is 14.9. The third kappa shape index (κ3) is 18.9. The van der Waals surface area contributed by atoms with Crippen LogP contribution in [0.4, 0.5) is 0 Å². The highest BCUT2D eigenvalue weighted by Crippen LogP contribution is 1.95. The van der Waals surface area contributed by atoms with Gasteiger partial charge in [-0.05, 0) is 34.6 Å². The summed E-state index contributed by atoms with van der Waals surface area (Å²) in [5.41, 5.74) is 0. The van der Waals surface area contributed by atoms with Crippen LogP contribution in [-0.2, 0) is 19.1 Å². The Hall–Kier alpha value is -1.14.